The molecule has 3 nitrogen and oxygen atoms in total. The first-order valence-electron chi connectivity index (χ1n) is 5.99. The van der Waals surface area contributed by atoms with E-state index >= 15 is 0 Å². The summed E-state index contributed by atoms with van der Waals surface area (Å²) in [6.07, 6.45) is 0. The minimum atomic E-state index is -0.169. The topological polar surface area (TPSA) is 37.8 Å². The van der Waals surface area contributed by atoms with Crippen molar-refractivity contribution in [2.75, 3.05) is 0 Å². The van der Waals surface area contributed by atoms with Gasteiger partial charge < -0.3 is 0 Å². The summed E-state index contributed by atoms with van der Waals surface area (Å²) in [4.78, 5) is 12.3. The van der Waals surface area contributed by atoms with Crippen LogP contribution in [0.4, 0.5) is 0 Å². The molecule has 0 saturated carbocycles. The number of H-pyrrole nitrogens is 1. The van der Waals surface area contributed by atoms with E-state index in [9.17, 15) is 4.79 Å². The van der Waals surface area contributed by atoms with Crippen LogP contribution in [-0.4, -0.2) is 9.78 Å². The molecule has 0 atom stereocenters. The van der Waals surface area contributed by atoms with Gasteiger partial charge in [-0.2, -0.15) is 0 Å². The third-order valence-electron chi connectivity index (χ3n) is 2.99. The molecule has 3 rings (SSSR count). The van der Waals surface area contributed by atoms with Crippen molar-refractivity contribution in [3.8, 4) is 16.9 Å². The smallest absolute Gasteiger partial charge is 0.286 e. The van der Waals surface area contributed by atoms with Crippen LogP contribution in [0.2, 0.25) is 5.02 Å². The van der Waals surface area contributed by atoms with Crippen molar-refractivity contribution in [3.05, 3.63) is 74.4 Å². The standard InChI is InChI=1S/C15H10BrClN2O/c16-13-14(10-6-2-1-3-7-10)18-19(15(13)20)12-9-5-4-8-11(12)17/h1-9,18H. The van der Waals surface area contributed by atoms with Gasteiger partial charge in [-0.05, 0) is 28.1 Å². The average Bonchev–Trinajstić information content (AvgIpc) is 2.77. The van der Waals surface area contributed by atoms with Gasteiger partial charge in [0.15, 0.2) is 0 Å². The molecule has 1 heterocycles. The number of rotatable bonds is 2. The van der Waals surface area contributed by atoms with Crippen LogP contribution in [0.5, 0.6) is 0 Å². The first-order chi connectivity index (χ1) is 9.68. The van der Waals surface area contributed by atoms with Gasteiger partial charge in [-0.15, -0.1) is 0 Å². The Morgan fingerprint density at radius 2 is 1.65 bits per heavy atom. The van der Waals surface area contributed by atoms with Gasteiger partial charge in [0.25, 0.3) is 5.56 Å². The van der Waals surface area contributed by atoms with Gasteiger partial charge in [0.2, 0.25) is 0 Å². The minimum Gasteiger partial charge on any atom is -0.289 e. The zero-order chi connectivity index (χ0) is 14.1. The van der Waals surface area contributed by atoms with Crippen molar-refractivity contribution >= 4 is 27.5 Å². The molecule has 0 aliphatic heterocycles. The number of halogens is 2. The Kier molecular flexibility index (Phi) is 3.51. The highest BCUT2D eigenvalue weighted by molar-refractivity contribution is 9.10. The van der Waals surface area contributed by atoms with Gasteiger partial charge in [-0.3, -0.25) is 9.89 Å². The molecular weight excluding hydrogens is 340 g/mol. The monoisotopic (exact) mass is 348 g/mol. The van der Waals surface area contributed by atoms with E-state index in [1.54, 1.807) is 12.1 Å². The number of benzene rings is 2. The second-order valence-electron chi connectivity index (χ2n) is 4.26. The van der Waals surface area contributed by atoms with E-state index in [-0.39, 0.29) is 5.56 Å². The van der Waals surface area contributed by atoms with Crippen molar-refractivity contribution < 1.29 is 0 Å². The molecule has 1 aromatic heterocycles. The van der Waals surface area contributed by atoms with Crippen molar-refractivity contribution in [1.82, 2.24) is 9.78 Å². The van der Waals surface area contributed by atoms with Crippen LogP contribution in [0.3, 0.4) is 0 Å². The lowest BCUT2D eigenvalue weighted by atomic mass is 10.2. The Labute approximate surface area is 128 Å². The van der Waals surface area contributed by atoms with Crippen molar-refractivity contribution in [1.29, 1.82) is 0 Å². The highest BCUT2D eigenvalue weighted by Crippen LogP contribution is 2.26. The highest BCUT2D eigenvalue weighted by atomic mass is 79.9. The average molecular weight is 350 g/mol. The molecule has 2 aromatic carbocycles. The van der Waals surface area contributed by atoms with Crippen LogP contribution < -0.4 is 5.56 Å². The molecule has 5 heteroatoms. The van der Waals surface area contributed by atoms with Crippen LogP contribution in [0, 0.1) is 0 Å². The summed E-state index contributed by atoms with van der Waals surface area (Å²) < 4.78 is 1.93. The number of aromatic nitrogens is 2. The molecule has 0 aliphatic rings. The van der Waals surface area contributed by atoms with Crippen molar-refractivity contribution in [2.45, 2.75) is 0 Å². The molecule has 3 aromatic rings. The van der Waals surface area contributed by atoms with E-state index in [0.717, 1.165) is 11.3 Å². The van der Waals surface area contributed by atoms with Gasteiger partial charge in [0.1, 0.15) is 4.47 Å². The number of aromatic amines is 1. The normalized spacial score (nSPS) is 10.7. The van der Waals surface area contributed by atoms with Crippen LogP contribution >= 0.6 is 27.5 Å². The molecular formula is C15H10BrClN2O. The summed E-state index contributed by atoms with van der Waals surface area (Å²) >= 11 is 9.50. The molecule has 1 N–H and O–H groups in total. The number of hydrogen-bond acceptors (Lipinski definition) is 1. The number of hydrogen-bond donors (Lipinski definition) is 1. The third kappa shape index (κ3) is 2.21. The second kappa shape index (κ2) is 5.31. The lowest BCUT2D eigenvalue weighted by molar-refractivity contribution is 0.852. The molecule has 0 bridgehead atoms. The molecule has 0 aliphatic carbocycles. The van der Waals surface area contributed by atoms with Gasteiger partial charge in [0.05, 0.1) is 16.4 Å². The Morgan fingerprint density at radius 3 is 2.35 bits per heavy atom. The number of para-hydroxylation sites is 1. The van der Waals surface area contributed by atoms with E-state index in [1.807, 2.05) is 42.5 Å². The van der Waals surface area contributed by atoms with Crippen LogP contribution in [-0.2, 0) is 0 Å². The fourth-order valence-electron chi connectivity index (χ4n) is 2.02. The predicted octanol–water partition coefficient (Wildman–Crippen LogP) is 4.25. The number of nitrogens with zero attached hydrogens (tertiary/aromatic N) is 1. The van der Waals surface area contributed by atoms with E-state index in [4.69, 9.17) is 11.6 Å². The molecule has 0 spiro atoms. The predicted molar refractivity (Wildman–Crippen MR) is 84.5 cm³/mol. The van der Waals surface area contributed by atoms with E-state index < -0.39 is 0 Å². The van der Waals surface area contributed by atoms with Crippen molar-refractivity contribution in [3.63, 3.8) is 0 Å². The second-order valence-corrected chi connectivity index (χ2v) is 5.46. The largest absolute Gasteiger partial charge is 0.289 e. The van der Waals surface area contributed by atoms with Gasteiger partial charge in [-0.25, -0.2) is 4.68 Å². The Bertz CT molecular complexity index is 808. The van der Waals surface area contributed by atoms with Crippen molar-refractivity contribution in [2.24, 2.45) is 0 Å². The first kappa shape index (κ1) is 13.2. The number of nitrogens with one attached hydrogen (secondary N) is 1. The molecule has 100 valence electrons. The first-order valence-corrected chi connectivity index (χ1v) is 7.16. The maximum Gasteiger partial charge on any atom is 0.286 e. The molecule has 0 unspecified atom stereocenters. The fourth-order valence-corrected chi connectivity index (χ4v) is 2.73. The summed E-state index contributed by atoms with van der Waals surface area (Å²) in [6, 6.07) is 16.9. The SMILES string of the molecule is O=c1c(Br)c(-c2ccccc2)[nH]n1-c1ccccc1Cl. The van der Waals surface area contributed by atoms with Gasteiger partial charge in [-0.1, -0.05) is 54.1 Å². The summed E-state index contributed by atoms with van der Waals surface area (Å²) in [7, 11) is 0. The maximum absolute atomic E-state index is 12.3. The minimum absolute atomic E-state index is 0.169. The third-order valence-corrected chi connectivity index (χ3v) is 4.05. The lowest BCUT2D eigenvalue weighted by Gasteiger charge is -2.04. The lowest BCUT2D eigenvalue weighted by Crippen LogP contribution is -2.14. The summed E-state index contributed by atoms with van der Waals surface area (Å²) in [5.74, 6) is 0. The summed E-state index contributed by atoms with van der Waals surface area (Å²) in [5.41, 5.74) is 2.12. The van der Waals surface area contributed by atoms with E-state index in [0.29, 0.717) is 15.2 Å². The maximum atomic E-state index is 12.3. The highest BCUT2D eigenvalue weighted by Gasteiger charge is 2.15. The Balaban J connectivity index is 2.22. The van der Waals surface area contributed by atoms with Gasteiger partial charge in [0, 0.05) is 5.56 Å². The van der Waals surface area contributed by atoms with E-state index in [1.165, 1.54) is 4.68 Å². The van der Waals surface area contributed by atoms with Crippen LogP contribution in [0.15, 0.2) is 63.9 Å². The van der Waals surface area contributed by atoms with Gasteiger partial charge >= 0.3 is 0 Å². The molecule has 0 saturated heterocycles. The molecule has 0 radical (unpaired) electrons. The quantitative estimate of drug-likeness (QED) is 0.738. The molecule has 20 heavy (non-hydrogen) atoms. The Hall–Kier alpha value is -1.78. The zero-order valence-electron chi connectivity index (χ0n) is 10.3. The van der Waals surface area contributed by atoms with Crippen LogP contribution in [0.1, 0.15) is 0 Å². The Morgan fingerprint density at radius 1 is 1.00 bits per heavy atom. The molecule has 0 fully saturated rings. The molecule has 0 amide bonds. The summed E-state index contributed by atoms with van der Waals surface area (Å²) in [5, 5.41) is 3.61. The van der Waals surface area contributed by atoms with E-state index in [2.05, 4.69) is 21.0 Å². The zero-order valence-corrected chi connectivity index (χ0v) is 12.6. The summed E-state index contributed by atoms with van der Waals surface area (Å²) in [6.45, 7) is 0. The fraction of sp³-hybridized carbons (Fsp3) is 0. The van der Waals surface area contributed by atoms with Crippen LogP contribution in [0.25, 0.3) is 16.9 Å².